The molecular weight excluding hydrogens is 204 g/mol. The van der Waals surface area contributed by atoms with Gasteiger partial charge in [-0.15, -0.1) is 0 Å². The van der Waals surface area contributed by atoms with E-state index in [4.69, 9.17) is 4.74 Å². The molecule has 0 aromatic carbocycles. The van der Waals surface area contributed by atoms with Crippen LogP contribution in [0.1, 0.15) is 39.5 Å². The molecule has 1 aliphatic rings. The van der Waals surface area contributed by atoms with Gasteiger partial charge in [0, 0.05) is 26.2 Å². The molecule has 0 unspecified atom stereocenters. The number of hydrogen-bond acceptors (Lipinski definition) is 2. The van der Waals surface area contributed by atoms with E-state index in [1.165, 1.54) is 6.42 Å². The number of piperidine rings is 1. The lowest BCUT2D eigenvalue weighted by molar-refractivity contribution is 0.0771. The molecule has 4 nitrogen and oxygen atoms in total. The Kier molecular flexibility index (Phi) is 6.23. The molecule has 4 heteroatoms. The Morgan fingerprint density at radius 3 is 2.62 bits per heavy atom. The first kappa shape index (κ1) is 13.3. The van der Waals surface area contributed by atoms with Crippen molar-refractivity contribution in [2.45, 2.75) is 45.6 Å². The summed E-state index contributed by atoms with van der Waals surface area (Å²) in [6.45, 7) is 7.29. The fourth-order valence-electron chi connectivity index (χ4n) is 1.80. The van der Waals surface area contributed by atoms with E-state index in [0.29, 0.717) is 6.54 Å². The highest BCUT2D eigenvalue weighted by Crippen LogP contribution is 2.08. The van der Waals surface area contributed by atoms with Gasteiger partial charge in [-0.25, -0.2) is 4.79 Å². The molecule has 0 aromatic heterocycles. The van der Waals surface area contributed by atoms with Crippen LogP contribution in [-0.2, 0) is 4.74 Å². The van der Waals surface area contributed by atoms with Crippen molar-refractivity contribution in [1.29, 1.82) is 0 Å². The second-order valence-electron chi connectivity index (χ2n) is 4.55. The number of likely N-dealkylation sites (tertiary alicyclic amines) is 1. The van der Waals surface area contributed by atoms with E-state index in [0.717, 1.165) is 39.0 Å². The Morgan fingerprint density at radius 1 is 1.31 bits per heavy atom. The summed E-state index contributed by atoms with van der Waals surface area (Å²) < 4.78 is 5.40. The molecule has 1 heterocycles. The van der Waals surface area contributed by atoms with Crippen molar-refractivity contribution in [1.82, 2.24) is 10.2 Å². The van der Waals surface area contributed by atoms with Gasteiger partial charge in [0.25, 0.3) is 0 Å². The summed E-state index contributed by atoms with van der Waals surface area (Å²) in [5.74, 6) is 0. The van der Waals surface area contributed by atoms with Gasteiger partial charge in [-0.2, -0.15) is 0 Å². The summed E-state index contributed by atoms with van der Waals surface area (Å²) in [4.78, 5) is 13.6. The van der Waals surface area contributed by atoms with Crippen LogP contribution in [0.25, 0.3) is 0 Å². The Bertz CT molecular complexity index is 201. The summed E-state index contributed by atoms with van der Waals surface area (Å²) in [6.07, 6.45) is 4.70. The summed E-state index contributed by atoms with van der Waals surface area (Å²) in [6, 6.07) is 0.0873. The van der Waals surface area contributed by atoms with E-state index in [1.54, 1.807) is 0 Å². The van der Waals surface area contributed by atoms with Crippen molar-refractivity contribution < 1.29 is 9.53 Å². The summed E-state index contributed by atoms with van der Waals surface area (Å²) in [5, 5.41) is 2.93. The summed E-state index contributed by atoms with van der Waals surface area (Å²) >= 11 is 0. The molecule has 1 saturated heterocycles. The number of carbonyl (C=O) groups is 1. The monoisotopic (exact) mass is 228 g/mol. The fraction of sp³-hybridized carbons (Fsp3) is 0.917. The van der Waals surface area contributed by atoms with Gasteiger partial charge in [0.2, 0.25) is 0 Å². The first-order valence-corrected chi connectivity index (χ1v) is 6.34. The number of amides is 2. The fourth-order valence-corrected chi connectivity index (χ4v) is 1.80. The largest absolute Gasteiger partial charge is 0.379 e. The van der Waals surface area contributed by atoms with E-state index >= 15 is 0 Å². The zero-order chi connectivity index (χ0) is 11.8. The first-order valence-electron chi connectivity index (χ1n) is 6.34. The van der Waals surface area contributed by atoms with Gasteiger partial charge in [0.05, 0.1) is 6.10 Å². The zero-order valence-corrected chi connectivity index (χ0v) is 10.5. The average molecular weight is 228 g/mol. The Balaban J connectivity index is 2.01. The maximum atomic E-state index is 11.7. The third kappa shape index (κ3) is 5.35. The van der Waals surface area contributed by atoms with Crippen LogP contribution in [0.3, 0.4) is 0 Å². The van der Waals surface area contributed by atoms with Crippen molar-refractivity contribution in [3.63, 3.8) is 0 Å². The lowest BCUT2D eigenvalue weighted by Crippen LogP contribution is -2.43. The van der Waals surface area contributed by atoms with Crippen LogP contribution in [0.4, 0.5) is 4.79 Å². The van der Waals surface area contributed by atoms with E-state index < -0.39 is 0 Å². The van der Waals surface area contributed by atoms with Crippen molar-refractivity contribution in [2.75, 3.05) is 26.2 Å². The standard InChI is InChI=1S/C12H24N2O2/c1-11(2)16-10-6-7-13-12(15)14-8-4-3-5-9-14/h11H,3-10H2,1-2H3,(H,13,15). The molecule has 0 spiro atoms. The zero-order valence-electron chi connectivity index (χ0n) is 10.5. The van der Waals surface area contributed by atoms with Crippen LogP contribution < -0.4 is 5.32 Å². The van der Waals surface area contributed by atoms with Gasteiger partial charge < -0.3 is 15.0 Å². The number of rotatable bonds is 5. The van der Waals surface area contributed by atoms with Crippen molar-refractivity contribution in [2.24, 2.45) is 0 Å². The van der Waals surface area contributed by atoms with E-state index in [1.807, 2.05) is 18.7 Å². The molecule has 0 saturated carbocycles. The van der Waals surface area contributed by atoms with Crippen LogP contribution in [-0.4, -0.2) is 43.3 Å². The normalized spacial score (nSPS) is 16.6. The Morgan fingerprint density at radius 2 is 2.00 bits per heavy atom. The maximum absolute atomic E-state index is 11.7. The number of nitrogens with one attached hydrogen (secondary N) is 1. The van der Waals surface area contributed by atoms with E-state index in [-0.39, 0.29) is 12.1 Å². The second-order valence-corrected chi connectivity index (χ2v) is 4.55. The highest BCUT2D eigenvalue weighted by Gasteiger charge is 2.15. The second kappa shape index (κ2) is 7.49. The molecule has 1 rings (SSSR count). The molecule has 0 aliphatic carbocycles. The van der Waals surface area contributed by atoms with Gasteiger partial charge >= 0.3 is 6.03 Å². The van der Waals surface area contributed by atoms with E-state index in [9.17, 15) is 4.79 Å². The van der Waals surface area contributed by atoms with Crippen molar-refractivity contribution in [3.05, 3.63) is 0 Å². The number of ether oxygens (including phenoxy) is 1. The molecule has 0 aromatic rings. The molecule has 2 amide bonds. The topological polar surface area (TPSA) is 41.6 Å². The van der Waals surface area contributed by atoms with Crippen LogP contribution in [0, 0.1) is 0 Å². The quantitative estimate of drug-likeness (QED) is 0.731. The first-order chi connectivity index (χ1) is 7.70. The van der Waals surface area contributed by atoms with Crippen molar-refractivity contribution >= 4 is 6.03 Å². The molecule has 1 N–H and O–H groups in total. The molecule has 0 bridgehead atoms. The van der Waals surface area contributed by atoms with Crippen LogP contribution >= 0.6 is 0 Å². The third-order valence-corrected chi connectivity index (χ3v) is 2.69. The molecule has 1 aliphatic heterocycles. The molecule has 1 fully saturated rings. The average Bonchev–Trinajstić information content (AvgIpc) is 2.29. The van der Waals surface area contributed by atoms with Gasteiger partial charge in [-0.1, -0.05) is 0 Å². The third-order valence-electron chi connectivity index (χ3n) is 2.69. The van der Waals surface area contributed by atoms with Gasteiger partial charge in [-0.3, -0.25) is 0 Å². The predicted molar refractivity (Wildman–Crippen MR) is 64.5 cm³/mol. The minimum atomic E-state index is 0.0873. The van der Waals surface area contributed by atoms with Crippen LogP contribution in [0.5, 0.6) is 0 Å². The van der Waals surface area contributed by atoms with Gasteiger partial charge in [-0.05, 0) is 39.5 Å². The van der Waals surface area contributed by atoms with Crippen LogP contribution in [0.2, 0.25) is 0 Å². The lowest BCUT2D eigenvalue weighted by atomic mass is 10.1. The summed E-state index contributed by atoms with van der Waals surface area (Å²) in [7, 11) is 0. The smallest absolute Gasteiger partial charge is 0.317 e. The lowest BCUT2D eigenvalue weighted by Gasteiger charge is -2.26. The molecule has 0 atom stereocenters. The number of nitrogens with zero attached hydrogens (tertiary/aromatic N) is 1. The van der Waals surface area contributed by atoms with Gasteiger partial charge in [0.1, 0.15) is 0 Å². The highest BCUT2D eigenvalue weighted by atomic mass is 16.5. The van der Waals surface area contributed by atoms with E-state index in [2.05, 4.69) is 5.32 Å². The number of carbonyl (C=O) groups excluding carboxylic acids is 1. The summed E-state index contributed by atoms with van der Waals surface area (Å²) in [5.41, 5.74) is 0. The Hall–Kier alpha value is -0.770. The SMILES string of the molecule is CC(C)OCCCNC(=O)N1CCCCC1. The minimum absolute atomic E-state index is 0.0873. The molecule has 0 radical (unpaired) electrons. The number of hydrogen-bond donors (Lipinski definition) is 1. The highest BCUT2D eigenvalue weighted by molar-refractivity contribution is 5.74. The predicted octanol–water partition coefficient (Wildman–Crippen LogP) is 2.00. The van der Waals surface area contributed by atoms with Crippen molar-refractivity contribution in [3.8, 4) is 0 Å². The minimum Gasteiger partial charge on any atom is -0.379 e. The van der Waals surface area contributed by atoms with Crippen LogP contribution in [0.15, 0.2) is 0 Å². The molecule has 94 valence electrons. The van der Waals surface area contributed by atoms with Gasteiger partial charge in [0.15, 0.2) is 0 Å². The maximum Gasteiger partial charge on any atom is 0.317 e. The number of urea groups is 1. The molecular formula is C12H24N2O2. The Labute approximate surface area is 98.3 Å². The molecule has 16 heavy (non-hydrogen) atoms.